The van der Waals surface area contributed by atoms with Crippen LogP contribution in [0.5, 0.6) is 5.88 Å². The Balaban J connectivity index is 1.83. The van der Waals surface area contributed by atoms with Crippen molar-refractivity contribution in [3.05, 3.63) is 59.5 Å². The lowest BCUT2D eigenvalue weighted by atomic mass is 9.90. The fourth-order valence-corrected chi connectivity index (χ4v) is 2.78. The van der Waals surface area contributed by atoms with Gasteiger partial charge < -0.3 is 20.5 Å². The fourth-order valence-electron chi connectivity index (χ4n) is 2.78. The first-order chi connectivity index (χ1) is 13.7. The Bertz CT molecular complexity index is 975. The van der Waals surface area contributed by atoms with Crippen molar-refractivity contribution in [2.45, 2.75) is 26.0 Å². The number of amides is 1. The summed E-state index contributed by atoms with van der Waals surface area (Å²) < 4.78 is 48.0. The molecule has 0 radical (unpaired) electrons. The van der Waals surface area contributed by atoms with E-state index in [2.05, 4.69) is 25.0 Å². The van der Waals surface area contributed by atoms with Crippen LogP contribution < -0.4 is 15.8 Å². The molecule has 1 aliphatic rings. The fraction of sp³-hybridized carbons (Fsp3) is 0.222. The maximum Gasteiger partial charge on any atom is 0.388 e. The average Bonchev–Trinajstić information content (AvgIpc) is 2.62. The van der Waals surface area contributed by atoms with Gasteiger partial charge in [-0.15, -0.1) is 0 Å². The molecule has 29 heavy (non-hydrogen) atoms. The summed E-state index contributed by atoms with van der Waals surface area (Å²) in [6, 6.07) is 3.82. The minimum Gasteiger partial charge on any atom is -0.431 e. The lowest BCUT2D eigenvalue weighted by Gasteiger charge is -2.27. The van der Waals surface area contributed by atoms with Crippen LogP contribution in [0.25, 0.3) is 0 Å². The van der Waals surface area contributed by atoms with Gasteiger partial charge in [0, 0.05) is 11.3 Å². The Labute approximate surface area is 163 Å². The molecule has 0 aliphatic carbocycles. The van der Waals surface area contributed by atoms with Crippen molar-refractivity contribution in [3.8, 4) is 5.88 Å². The zero-order chi connectivity index (χ0) is 21.2. The molecule has 1 amide bonds. The second-order valence-corrected chi connectivity index (χ2v) is 6.22. The Morgan fingerprint density at radius 1 is 1.31 bits per heavy atom. The van der Waals surface area contributed by atoms with Crippen LogP contribution >= 0.6 is 0 Å². The van der Waals surface area contributed by atoms with Crippen LogP contribution in [-0.4, -0.2) is 28.5 Å². The van der Waals surface area contributed by atoms with Crippen LogP contribution in [0, 0.1) is 5.82 Å². The van der Waals surface area contributed by atoms with E-state index < -0.39 is 29.8 Å². The van der Waals surface area contributed by atoms with Gasteiger partial charge in [0.25, 0.3) is 11.9 Å². The summed E-state index contributed by atoms with van der Waals surface area (Å²) in [5.74, 6) is -1.20. The number of hydrogen-bond acceptors (Lipinski definition) is 7. The average molecular weight is 407 g/mol. The van der Waals surface area contributed by atoms with Crippen LogP contribution in [-0.2, 0) is 10.3 Å². The molecule has 3 N–H and O–H groups in total. The predicted molar refractivity (Wildman–Crippen MR) is 96.8 cm³/mol. The molecule has 152 valence electrons. The number of hydrogen-bond donors (Lipinski definition) is 2. The lowest BCUT2D eigenvalue weighted by Crippen LogP contribution is -2.30. The molecule has 1 atom stereocenters. The number of carbonyl (C=O) groups is 1. The Morgan fingerprint density at radius 2 is 2.07 bits per heavy atom. The number of nitrogens with zero attached hydrogens (tertiary/aromatic N) is 3. The highest BCUT2D eigenvalue weighted by molar-refractivity contribution is 6.02. The second kappa shape index (κ2) is 7.78. The number of ether oxygens (including phenoxy) is 2. The molecule has 1 aromatic heterocycles. The van der Waals surface area contributed by atoms with Crippen molar-refractivity contribution < 1.29 is 27.4 Å². The van der Waals surface area contributed by atoms with E-state index in [-0.39, 0.29) is 23.0 Å². The van der Waals surface area contributed by atoms with E-state index >= 15 is 0 Å². The van der Waals surface area contributed by atoms with Crippen molar-refractivity contribution >= 4 is 17.6 Å². The summed E-state index contributed by atoms with van der Waals surface area (Å²) in [7, 11) is 0. The van der Waals surface area contributed by atoms with Crippen LogP contribution in [0.4, 0.5) is 18.9 Å². The van der Waals surface area contributed by atoms with E-state index in [4.69, 9.17) is 10.5 Å². The van der Waals surface area contributed by atoms with Gasteiger partial charge in [-0.3, -0.25) is 4.79 Å². The summed E-state index contributed by atoms with van der Waals surface area (Å²) in [4.78, 5) is 23.8. The number of halogens is 3. The number of allylic oxidation sites excluding steroid dienone is 1. The first kappa shape index (κ1) is 20.1. The number of carbonyl (C=O) groups excluding carboxylic acids is 1. The molecule has 0 saturated heterocycles. The Morgan fingerprint density at radius 3 is 2.69 bits per heavy atom. The first-order valence-corrected chi connectivity index (χ1v) is 8.27. The number of rotatable bonds is 5. The molecule has 2 heterocycles. The minimum absolute atomic E-state index is 0.109. The molecule has 0 saturated carbocycles. The molecule has 1 aliphatic heterocycles. The van der Waals surface area contributed by atoms with Gasteiger partial charge in [0.2, 0.25) is 5.88 Å². The predicted octanol–water partition coefficient (Wildman–Crippen LogP) is 2.93. The third-order valence-corrected chi connectivity index (χ3v) is 3.93. The van der Waals surface area contributed by atoms with Gasteiger partial charge in [-0.1, -0.05) is 0 Å². The van der Waals surface area contributed by atoms with E-state index in [1.807, 2.05) is 0 Å². The smallest absolute Gasteiger partial charge is 0.388 e. The van der Waals surface area contributed by atoms with Gasteiger partial charge in [-0.25, -0.2) is 19.4 Å². The molecule has 0 fully saturated rings. The second-order valence-electron chi connectivity index (χ2n) is 6.22. The molecule has 3 rings (SSSR count). The monoisotopic (exact) mass is 407 g/mol. The number of aromatic nitrogens is 2. The third kappa shape index (κ3) is 4.62. The van der Waals surface area contributed by atoms with E-state index in [0.717, 1.165) is 12.4 Å². The highest BCUT2D eigenvalue weighted by atomic mass is 19.3. The Hall–Kier alpha value is -3.63. The van der Waals surface area contributed by atoms with Crippen molar-refractivity contribution in [3.63, 3.8) is 0 Å². The molecule has 0 unspecified atom stereocenters. The van der Waals surface area contributed by atoms with Crippen molar-refractivity contribution in [2.75, 3.05) is 5.32 Å². The van der Waals surface area contributed by atoms with E-state index in [1.54, 1.807) is 19.9 Å². The van der Waals surface area contributed by atoms with E-state index in [0.29, 0.717) is 5.76 Å². The van der Waals surface area contributed by atoms with Crippen molar-refractivity contribution in [1.82, 2.24) is 9.97 Å². The van der Waals surface area contributed by atoms with Gasteiger partial charge in [-0.2, -0.15) is 8.78 Å². The normalized spacial score (nSPS) is 18.6. The summed E-state index contributed by atoms with van der Waals surface area (Å²) in [6.45, 7) is 0.245. The van der Waals surface area contributed by atoms with Gasteiger partial charge >= 0.3 is 6.61 Å². The molecule has 1 aromatic carbocycles. The summed E-state index contributed by atoms with van der Waals surface area (Å²) >= 11 is 0. The number of alkyl halides is 2. The highest BCUT2D eigenvalue weighted by Crippen LogP contribution is 2.34. The molecule has 0 bridgehead atoms. The third-order valence-electron chi connectivity index (χ3n) is 3.93. The first-order valence-electron chi connectivity index (χ1n) is 8.27. The number of benzene rings is 1. The lowest BCUT2D eigenvalue weighted by molar-refractivity contribution is -0.0531. The summed E-state index contributed by atoms with van der Waals surface area (Å²) in [6.07, 6.45) is 3.47. The van der Waals surface area contributed by atoms with E-state index in [9.17, 15) is 18.0 Å². The van der Waals surface area contributed by atoms with Gasteiger partial charge in [0.1, 0.15) is 22.8 Å². The zero-order valence-corrected chi connectivity index (χ0v) is 15.3. The van der Waals surface area contributed by atoms with Crippen LogP contribution in [0.3, 0.4) is 0 Å². The van der Waals surface area contributed by atoms with Gasteiger partial charge in [-0.05, 0) is 38.1 Å². The minimum atomic E-state index is -3.05. The quantitative estimate of drug-likeness (QED) is 0.788. The molecular weight excluding hydrogens is 391 g/mol. The maximum atomic E-state index is 14.5. The molecule has 11 heteroatoms. The van der Waals surface area contributed by atoms with Gasteiger partial charge in [0.05, 0.1) is 12.4 Å². The SMILES string of the molecule is CC1=C[C@@](C)(c2cc(NC(=O)c3cnc(OC(F)F)cn3)ccc2F)N=C(N)O1. The molecule has 8 nitrogen and oxygen atoms in total. The molecule has 0 spiro atoms. The largest absolute Gasteiger partial charge is 0.431 e. The Kier molecular flexibility index (Phi) is 5.39. The van der Waals surface area contributed by atoms with Crippen LogP contribution in [0.2, 0.25) is 0 Å². The van der Waals surface area contributed by atoms with Gasteiger partial charge in [0.15, 0.2) is 0 Å². The highest BCUT2D eigenvalue weighted by Gasteiger charge is 2.31. The topological polar surface area (TPSA) is 112 Å². The van der Waals surface area contributed by atoms with Crippen LogP contribution in [0.1, 0.15) is 29.9 Å². The van der Waals surface area contributed by atoms with Crippen molar-refractivity contribution in [2.24, 2.45) is 10.7 Å². The molecular formula is C18H16F3N5O3. The summed E-state index contributed by atoms with van der Waals surface area (Å²) in [5, 5.41) is 2.54. The number of aliphatic imine (C=N–C) groups is 1. The summed E-state index contributed by atoms with van der Waals surface area (Å²) in [5.41, 5.74) is 4.79. The van der Waals surface area contributed by atoms with Crippen LogP contribution in [0.15, 0.2) is 47.4 Å². The standard InChI is InChI=1S/C18H16F3N5O3/c1-9-6-18(2,26-17(22)28-9)11-5-10(3-4-12(11)19)25-15(27)13-7-24-14(8-23-13)29-16(20)21/h3-8,16H,1-2H3,(H2,22,26)(H,25,27)/t18-/m0/s1. The zero-order valence-electron chi connectivity index (χ0n) is 15.3. The number of anilines is 1. The number of nitrogens with one attached hydrogen (secondary N) is 1. The molecule has 2 aromatic rings. The van der Waals surface area contributed by atoms with Crippen molar-refractivity contribution in [1.29, 1.82) is 0 Å². The number of amidine groups is 1. The van der Waals surface area contributed by atoms with E-state index in [1.165, 1.54) is 18.2 Å². The maximum absolute atomic E-state index is 14.5. The number of nitrogens with two attached hydrogens (primary N) is 1.